The fourth-order valence-corrected chi connectivity index (χ4v) is 1.86. The zero-order valence-electron chi connectivity index (χ0n) is 6.88. The van der Waals surface area contributed by atoms with Crippen LogP contribution in [-0.4, -0.2) is 4.98 Å². The summed E-state index contributed by atoms with van der Waals surface area (Å²) in [6.45, 7) is 0. The number of hydrogen-bond acceptors (Lipinski definition) is 1. The van der Waals surface area contributed by atoms with E-state index < -0.39 is 0 Å². The maximum absolute atomic E-state index is 11.0. The third-order valence-corrected chi connectivity index (χ3v) is 2.60. The minimum Gasteiger partial charge on any atom is -0.322 e. The standard InChI is InChI=1S/C10H8BrNO/c11-6-7-2-1-3-9-8(7)4-5-10(13)12-9/h1-5H,6H2,(H,12,13). The van der Waals surface area contributed by atoms with Gasteiger partial charge in [-0.15, -0.1) is 0 Å². The highest BCUT2D eigenvalue weighted by Crippen LogP contribution is 2.17. The molecular weight excluding hydrogens is 230 g/mol. The largest absolute Gasteiger partial charge is 0.322 e. The predicted octanol–water partition coefficient (Wildman–Crippen LogP) is 2.42. The summed E-state index contributed by atoms with van der Waals surface area (Å²) in [7, 11) is 0. The molecule has 0 unspecified atom stereocenters. The van der Waals surface area contributed by atoms with Gasteiger partial charge in [-0.05, 0) is 17.7 Å². The fraction of sp³-hybridized carbons (Fsp3) is 0.100. The first-order chi connectivity index (χ1) is 6.31. The lowest BCUT2D eigenvalue weighted by Gasteiger charge is -2.01. The molecule has 1 aromatic carbocycles. The summed E-state index contributed by atoms with van der Waals surface area (Å²) in [5.74, 6) is 0. The van der Waals surface area contributed by atoms with Gasteiger partial charge in [-0.25, -0.2) is 0 Å². The second-order valence-electron chi connectivity index (χ2n) is 2.83. The van der Waals surface area contributed by atoms with Crippen LogP contribution in [0.2, 0.25) is 0 Å². The summed E-state index contributed by atoms with van der Waals surface area (Å²) in [6, 6.07) is 9.28. The van der Waals surface area contributed by atoms with Crippen LogP contribution < -0.4 is 5.56 Å². The molecule has 0 amide bonds. The van der Waals surface area contributed by atoms with Crippen LogP contribution >= 0.6 is 15.9 Å². The number of hydrogen-bond donors (Lipinski definition) is 1. The van der Waals surface area contributed by atoms with E-state index in [0.717, 1.165) is 16.2 Å². The van der Waals surface area contributed by atoms with Crippen LogP contribution in [0.25, 0.3) is 10.9 Å². The van der Waals surface area contributed by atoms with E-state index in [1.807, 2.05) is 24.3 Å². The number of aromatic nitrogens is 1. The Balaban J connectivity index is 2.85. The highest BCUT2D eigenvalue weighted by atomic mass is 79.9. The van der Waals surface area contributed by atoms with E-state index in [9.17, 15) is 4.79 Å². The maximum Gasteiger partial charge on any atom is 0.248 e. The molecule has 66 valence electrons. The van der Waals surface area contributed by atoms with Crippen LogP contribution in [0.4, 0.5) is 0 Å². The summed E-state index contributed by atoms with van der Waals surface area (Å²) in [6.07, 6.45) is 0. The van der Waals surface area contributed by atoms with Crippen molar-refractivity contribution in [2.45, 2.75) is 5.33 Å². The van der Waals surface area contributed by atoms with E-state index in [4.69, 9.17) is 0 Å². The molecule has 0 aliphatic rings. The van der Waals surface area contributed by atoms with Crippen molar-refractivity contribution in [2.75, 3.05) is 0 Å². The first-order valence-electron chi connectivity index (χ1n) is 3.98. The van der Waals surface area contributed by atoms with Crippen LogP contribution in [-0.2, 0) is 5.33 Å². The molecule has 0 saturated carbocycles. The van der Waals surface area contributed by atoms with E-state index in [1.165, 1.54) is 5.56 Å². The van der Waals surface area contributed by atoms with Gasteiger partial charge >= 0.3 is 0 Å². The van der Waals surface area contributed by atoms with Gasteiger partial charge in [0.2, 0.25) is 5.56 Å². The molecule has 13 heavy (non-hydrogen) atoms. The molecule has 3 heteroatoms. The molecule has 0 spiro atoms. The lowest BCUT2D eigenvalue weighted by Crippen LogP contribution is -2.02. The molecule has 0 fully saturated rings. The fourth-order valence-electron chi connectivity index (χ4n) is 1.37. The zero-order chi connectivity index (χ0) is 9.26. The molecule has 2 nitrogen and oxygen atoms in total. The van der Waals surface area contributed by atoms with Crippen LogP contribution in [0.1, 0.15) is 5.56 Å². The molecular formula is C10H8BrNO. The van der Waals surface area contributed by atoms with Crippen LogP contribution in [0.3, 0.4) is 0 Å². The average molecular weight is 238 g/mol. The lowest BCUT2D eigenvalue weighted by atomic mass is 10.1. The second kappa shape index (κ2) is 3.34. The summed E-state index contributed by atoms with van der Waals surface area (Å²) >= 11 is 3.41. The van der Waals surface area contributed by atoms with Gasteiger partial charge in [0.15, 0.2) is 0 Å². The molecule has 0 saturated heterocycles. The summed E-state index contributed by atoms with van der Waals surface area (Å²) in [4.78, 5) is 13.8. The molecule has 2 aromatic rings. The zero-order valence-corrected chi connectivity index (χ0v) is 8.47. The number of alkyl halides is 1. The third kappa shape index (κ3) is 1.52. The predicted molar refractivity (Wildman–Crippen MR) is 57.2 cm³/mol. The molecule has 0 aliphatic carbocycles. The quantitative estimate of drug-likeness (QED) is 0.760. The van der Waals surface area contributed by atoms with Crippen LogP contribution in [0.15, 0.2) is 35.1 Å². The monoisotopic (exact) mass is 237 g/mol. The first kappa shape index (κ1) is 8.51. The Hall–Kier alpha value is -1.09. The SMILES string of the molecule is O=c1ccc2c(CBr)cccc2[nH]1. The van der Waals surface area contributed by atoms with E-state index in [1.54, 1.807) is 6.07 Å². The van der Waals surface area contributed by atoms with Crippen molar-refractivity contribution < 1.29 is 0 Å². The van der Waals surface area contributed by atoms with Gasteiger partial charge in [0.05, 0.1) is 0 Å². The van der Waals surface area contributed by atoms with Gasteiger partial charge in [0.25, 0.3) is 0 Å². The number of nitrogens with one attached hydrogen (secondary N) is 1. The van der Waals surface area contributed by atoms with Gasteiger partial charge in [-0.1, -0.05) is 28.1 Å². The van der Waals surface area contributed by atoms with Crippen molar-refractivity contribution in [3.05, 3.63) is 46.2 Å². The van der Waals surface area contributed by atoms with Gasteiger partial charge in [0.1, 0.15) is 0 Å². The van der Waals surface area contributed by atoms with Crippen molar-refractivity contribution in [3.63, 3.8) is 0 Å². The number of benzene rings is 1. The smallest absolute Gasteiger partial charge is 0.248 e. The van der Waals surface area contributed by atoms with E-state index in [2.05, 4.69) is 20.9 Å². The summed E-state index contributed by atoms with van der Waals surface area (Å²) in [5, 5.41) is 1.90. The molecule has 0 atom stereocenters. The molecule has 1 aromatic heterocycles. The average Bonchev–Trinajstić information content (AvgIpc) is 2.16. The van der Waals surface area contributed by atoms with Crippen molar-refractivity contribution in [1.29, 1.82) is 0 Å². The van der Waals surface area contributed by atoms with Gasteiger partial charge in [0, 0.05) is 22.3 Å². The minimum atomic E-state index is -0.0563. The molecule has 0 radical (unpaired) electrons. The van der Waals surface area contributed by atoms with Crippen molar-refractivity contribution >= 4 is 26.8 Å². The molecule has 0 aliphatic heterocycles. The summed E-state index contributed by atoms with van der Waals surface area (Å²) < 4.78 is 0. The Labute approximate surface area is 83.7 Å². The molecule has 2 rings (SSSR count). The van der Waals surface area contributed by atoms with Crippen LogP contribution in [0, 0.1) is 0 Å². The van der Waals surface area contributed by atoms with E-state index >= 15 is 0 Å². The number of pyridine rings is 1. The Bertz CT molecular complexity index is 489. The first-order valence-corrected chi connectivity index (χ1v) is 5.10. The summed E-state index contributed by atoms with van der Waals surface area (Å²) in [5.41, 5.74) is 2.03. The van der Waals surface area contributed by atoms with Gasteiger partial charge in [-0.3, -0.25) is 4.79 Å². The van der Waals surface area contributed by atoms with Crippen molar-refractivity contribution in [1.82, 2.24) is 4.98 Å². The number of fused-ring (bicyclic) bond motifs is 1. The lowest BCUT2D eigenvalue weighted by molar-refractivity contribution is 1.30. The number of rotatable bonds is 1. The highest BCUT2D eigenvalue weighted by molar-refractivity contribution is 9.08. The van der Waals surface area contributed by atoms with Crippen molar-refractivity contribution in [2.24, 2.45) is 0 Å². The molecule has 1 N–H and O–H groups in total. The number of aromatic amines is 1. The topological polar surface area (TPSA) is 32.9 Å². The molecule has 1 heterocycles. The van der Waals surface area contributed by atoms with Crippen LogP contribution in [0.5, 0.6) is 0 Å². The Morgan fingerprint density at radius 2 is 2.08 bits per heavy atom. The van der Waals surface area contributed by atoms with E-state index in [-0.39, 0.29) is 5.56 Å². The highest BCUT2D eigenvalue weighted by Gasteiger charge is 1.98. The molecule has 0 bridgehead atoms. The Morgan fingerprint density at radius 1 is 1.23 bits per heavy atom. The minimum absolute atomic E-state index is 0.0563. The Morgan fingerprint density at radius 3 is 2.85 bits per heavy atom. The van der Waals surface area contributed by atoms with E-state index in [0.29, 0.717) is 0 Å². The third-order valence-electron chi connectivity index (χ3n) is 2.00. The number of H-pyrrole nitrogens is 1. The second-order valence-corrected chi connectivity index (χ2v) is 3.40. The number of halogens is 1. The van der Waals surface area contributed by atoms with Gasteiger partial charge < -0.3 is 4.98 Å². The normalized spacial score (nSPS) is 10.5. The maximum atomic E-state index is 11.0. The Kier molecular flexibility index (Phi) is 2.19. The van der Waals surface area contributed by atoms with Gasteiger partial charge in [-0.2, -0.15) is 0 Å². The van der Waals surface area contributed by atoms with Crippen molar-refractivity contribution in [3.8, 4) is 0 Å².